The molecular formula is C21H26N2O5S2. The number of nitrogens with zero attached hydrogens (tertiary/aromatic N) is 2. The highest BCUT2D eigenvalue weighted by atomic mass is 32.2. The largest absolute Gasteiger partial charge is 0.452 e. The van der Waals surface area contributed by atoms with Gasteiger partial charge in [-0.05, 0) is 59.9 Å². The number of aryl methyl sites for hydroxylation is 1. The molecule has 0 bridgehead atoms. The van der Waals surface area contributed by atoms with E-state index in [1.807, 2.05) is 16.8 Å². The molecule has 162 valence electrons. The molecule has 1 aromatic heterocycles. The van der Waals surface area contributed by atoms with Gasteiger partial charge in [0.15, 0.2) is 6.61 Å². The van der Waals surface area contributed by atoms with Crippen molar-refractivity contribution in [2.24, 2.45) is 0 Å². The van der Waals surface area contributed by atoms with Crippen molar-refractivity contribution in [1.82, 2.24) is 9.21 Å². The molecule has 9 heteroatoms. The molecule has 1 aliphatic rings. The second-order valence-corrected chi connectivity index (χ2v) is 10.1. The van der Waals surface area contributed by atoms with Crippen molar-refractivity contribution < 1.29 is 22.7 Å². The average Bonchev–Trinajstić information content (AvgIpc) is 3.25. The van der Waals surface area contributed by atoms with E-state index >= 15 is 0 Å². The third-order valence-corrected chi connectivity index (χ3v) is 7.76. The smallest absolute Gasteiger partial charge is 0.338 e. The molecule has 7 nitrogen and oxygen atoms in total. The third-order valence-electron chi connectivity index (χ3n) is 5.13. The fourth-order valence-corrected chi connectivity index (χ4v) is 5.50. The first-order valence-electron chi connectivity index (χ1n) is 9.82. The van der Waals surface area contributed by atoms with Crippen LogP contribution in [0.1, 0.15) is 40.7 Å². The van der Waals surface area contributed by atoms with Gasteiger partial charge in [-0.1, -0.05) is 12.5 Å². The summed E-state index contributed by atoms with van der Waals surface area (Å²) in [5.74, 6) is -1.04. The van der Waals surface area contributed by atoms with Crippen LogP contribution in [0.4, 0.5) is 0 Å². The number of hydrogen-bond donors (Lipinski definition) is 0. The van der Waals surface area contributed by atoms with Crippen molar-refractivity contribution in [2.45, 2.75) is 37.6 Å². The van der Waals surface area contributed by atoms with E-state index in [0.717, 1.165) is 24.8 Å². The SMILES string of the molecule is Cc1ccc(S(=O)(=O)N2CCCCC2)cc1C(=O)OCC(=O)N(C)Cc1ccsc1. The number of carbonyl (C=O) groups excluding carboxylic acids is 2. The maximum atomic E-state index is 12.9. The first-order chi connectivity index (χ1) is 14.3. The molecule has 0 atom stereocenters. The van der Waals surface area contributed by atoms with Crippen LogP contribution in [0.25, 0.3) is 0 Å². The lowest BCUT2D eigenvalue weighted by Crippen LogP contribution is -2.35. The molecule has 1 aliphatic heterocycles. The zero-order chi connectivity index (χ0) is 21.7. The molecule has 0 aliphatic carbocycles. The Morgan fingerprint density at radius 1 is 1.17 bits per heavy atom. The molecule has 0 spiro atoms. The third kappa shape index (κ3) is 5.27. The maximum Gasteiger partial charge on any atom is 0.338 e. The first-order valence-corrected chi connectivity index (χ1v) is 12.2. The van der Waals surface area contributed by atoms with Crippen molar-refractivity contribution in [3.05, 3.63) is 51.7 Å². The van der Waals surface area contributed by atoms with Crippen LogP contribution in [0.15, 0.2) is 39.9 Å². The fraction of sp³-hybridized carbons (Fsp3) is 0.429. The van der Waals surface area contributed by atoms with Gasteiger partial charge >= 0.3 is 5.97 Å². The summed E-state index contributed by atoms with van der Waals surface area (Å²) in [7, 11) is -2.01. The van der Waals surface area contributed by atoms with E-state index in [-0.39, 0.29) is 16.4 Å². The fourth-order valence-electron chi connectivity index (χ4n) is 3.30. The summed E-state index contributed by atoms with van der Waals surface area (Å²) in [6, 6.07) is 6.38. The second-order valence-electron chi connectivity index (χ2n) is 7.40. The topological polar surface area (TPSA) is 84.0 Å². The predicted octanol–water partition coefficient (Wildman–Crippen LogP) is 3.05. The van der Waals surface area contributed by atoms with Crippen LogP contribution < -0.4 is 0 Å². The number of rotatable bonds is 7. The van der Waals surface area contributed by atoms with Gasteiger partial charge in [0.1, 0.15) is 0 Å². The Hall–Kier alpha value is -2.23. The Balaban J connectivity index is 1.66. The predicted molar refractivity (Wildman–Crippen MR) is 115 cm³/mol. The zero-order valence-corrected chi connectivity index (χ0v) is 18.8. The van der Waals surface area contributed by atoms with E-state index < -0.39 is 22.6 Å². The number of hydrogen-bond acceptors (Lipinski definition) is 6. The van der Waals surface area contributed by atoms with Gasteiger partial charge in [-0.3, -0.25) is 4.79 Å². The van der Waals surface area contributed by atoms with Gasteiger partial charge in [0.25, 0.3) is 5.91 Å². The number of thiophene rings is 1. The molecule has 0 N–H and O–H groups in total. The van der Waals surface area contributed by atoms with Gasteiger partial charge in [0.2, 0.25) is 10.0 Å². The van der Waals surface area contributed by atoms with Gasteiger partial charge in [0.05, 0.1) is 10.5 Å². The standard InChI is InChI=1S/C21H26N2O5S2/c1-16-6-7-18(30(26,27)23-9-4-3-5-10-23)12-19(16)21(25)28-14-20(24)22(2)13-17-8-11-29-15-17/h6-8,11-12,15H,3-5,9-10,13-14H2,1-2H3. The maximum absolute atomic E-state index is 12.9. The summed E-state index contributed by atoms with van der Waals surface area (Å²) >= 11 is 1.55. The van der Waals surface area contributed by atoms with Gasteiger partial charge in [-0.2, -0.15) is 15.6 Å². The molecule has 0 unspecified atom stereocenters. The highest BCUT2D eigenvalue weighted by Gasteiger charge is 2.27. The van der Waals surface area contributed by atoms with E-state index in [1.54, 1.807) is 31.4 Å². The Morgan fingerprint density at radius 3 is 2.57 bits per heavy atom. The zero-order valence-electron chi connectivity index (χ0n) is 17.2. The van der Waals surface area contributed by atoms with E-state index in [1.165, 1.54) is 21.3 Å². The minimum absolute atomic E-state index is 0.0721. The van der Waals surface area contributed by atoms with Gasteiger partial charge in [0, 0.05) is 26.7 Å². The number of benzene rings is 1. The van der Waals surface area contributed by atoms with Crippen molar-refractivity contribution >= 4 is 33.2 Å². The number of sulfonamides is 1. The Kier molecular flexibility index (Phi) is 7.27. The lowest BCUT2D eigenvalue weighted by Gasteiger charge is -2.26. The monoisotopic (exact) mass is 450 g/mol. The van der Waals surface area contributed by atoms with E-state index in [2.05, 4.69) is 0 Å². The minimum atomic E-state index is -3.66. The Labute approximate surface area is 181 Å². The molecule has 30 heavy (non-hydrogen) atoms. The number of likely N-dealkylation sites (N-methyl/N-ethyl adjacent to an activating group) is 1. The van der Waals surface area contributed by atoms with E-state index in [9.17, 15) is 18.0 Å². The Bertz CT molecular complexity index is 996. The first kappa shape index (κ1) is 22.5. The minimum Gasteiger partial charge on any atom is -0.452 e. The molecule has 0 saturated carbocycles. The summed E-state index contributed by atoms with van der Waals surface area (Å²) < 4.78 is 32.4. The van der Waals surface area contributed by atoms with Crippen LogP contribution in [0.2, 0.25) is 0 Å². The highest BCUT2D eigenvalue weighted by molar-refractivity contribution is 7.89. The van der Waals surface area contributed by atoms with Crippen LogP contribution in [-0.4, -0.2) is 56.2 Å². The molecule has 1 amide bonds. The van der Waals surface area contributed by atoms with Crippen molar-refractivity contribution in [3.63, 3.8) is 0 Å². The van der Waals surface area contributed by atoms with Crippen LogP contribution in [0, 0.1) is 6.92 Å². The highest BCUT2D eigenvalue weighted by Crippen LogP contribution is 2.23. The van der Waals surface area contributed by atoms with E-state index in [4.69, 9.17) is 4.74 Å². The Morgan fingerprint density at radius 2 is 1.90 bits per heavy atom. The van der Waals surface area contributed by atoms with Crippen LogP contribution in [-0.2, 0) is 26.1 Å². The second kappa shape index (κ2) is 9.72. The average molecular weight is 451 g/mol. The van der Waals surface area contributed by atoms with Crippen molar-refractivity contribution in [3.8, 4) is 0 Å². The van der Waals surface area contributed by atoms with Crippen LogP contribution in [0.5, 0.6) is 0 Å². The molecular weight excluding hydrogens is 424 g/mol. The molecule has 1 aromatic carbocycles. The van der Waals surface area contributed by atoms with Gasteiger partial charge in [-0.15, -0.1) is 0 Å². The van der Waals surface area contributed by atoms with E-state index in [0.29, 0.717) is 25.2 Å². The van der Waals surface area contributed by atoms with Crippen LogP contribution in [0.3, 0.4) is 0 Å². The lowest BCUT2D eigenvalue weighted by atomic mass is 10.1. The number of piperidine rings is 1. The molecule has 1 saturated heterocycles. The summed E-state index contributed by atoms with van der Waals surface area (Å²) in [6.45, 7) is 2.71. The van der Waals surface area contributed by atoms with Gasteiger partial charge < -0.3 is 9.64 Å². The number of amides is 1. The molecule has 2 heterocycles. The van der Waals surface area contributed by atoms with Crippen molar-refractivity contribution in [2.75, 3.05) is 26.7 Å². The number of esters is 1. The van der Waals surface area contributed by atoms with Crippen molar-refractivity contribution in [1.29, 1.82) is 0 Å². The van der Waals surface area contributed by atoms with Crippen LogP contribution >= 0.6 is 11.3 Å². The lowest BCUT2D eigenvalue weighted by molar-refractivity contribution is -0.133. The summed E-state index contributed by atoms with van der Waals surface area (Å²) in [5.41, 5.74) is 1.76. The van der Waals surface area contributed by atoms with Gasteiger partial charge in [-0.25, -0.2) is 13.2 Å². The molecule has 1 fully saturated rings. The normalized spacial score (nSPS) is 15.0. The molecule has 3 rings (SSSR count). The summed E-state index contributed by atoms with van der Waals surface area (Å²) in [5, 5.41) is 3.88. The summed E-state index contributed by atoms with van der Waals surface area (Å²) in [4.78, 5) is 26.4. The molecule has 0 radical (unpaired) electrons. The quantitative estimate of drug-likeness (QED) is 0.606. The number of carbonyl (C=O) groups is 2. The summed E-state index contributed by atoms with van der Waals surface area (Å²) in [6.07, 6.45) is 2.69. The number of ether oxygens (including phenoxy) is 1. The molecule has 2 aromatic rings.